The molecule has 6 rings (SSSR count). The Kier molecular flexibility index (Phi) is 4.10. The van der Waals surface area contributed by atoms with Crippen molar-refractivity contribution in [2.24, 2.45) is 7.05 Å². The first-order chi connectivity index (χ1) is 15.9. The third-order valence-corrected chi connectivity index (χ3v) is 5.92. The number of ether oxygens (including phenoxy) is 1. The summed E-state index contributed by atoms with van der Waals surface area (Å²) in [5, 5.41) is 0. The van der Waals surface area contributed by atoms with Crippen LogP contribution in [0.1, 0.15) is 18.0 Å². The first-order valence-corrected chi connectivity index (χ1v) is 10.1. The van der Waals surface area contributed by atoms with Crippen LogP contribution in [0.5, 0.6) is 5.75 Å². The minimum absolute atomic E-state index is 0.0360. The molecule has 11 heteroatoms. The van der Waals surface area contributed by atoms with Gasteiger partial charge in [0.15, 0.2) is 17.2 Å². The second-order valence-corrected chi connectivity index (χ2v) is 7.76. The fraction of sp³-hybridized carbons (Fsp3) is 0.182. The van der Waals surface area contributed by atoms with Crippen molar-refractivity contribution in [1.82, 2.24) is 28.7 Å². The molecule has 0 aliphatic carbocycles. The molecule has 0 amide bonds. The number of fused-ring (bicyclic) bond motifs is 3. The van der Waals surface area contributed by atoms with Gasteiger partial charge in [0.25, 0.3) is 0 Å². The summed E-state index contributed by atoms with van der Waals surface area (Å²) < 4.78 is 52.5. The van der Waals surface area contributed by atoms with Gasteiger partial charge in [0, 0.05) is 19.5 Å². The highest BCUT2D eigenvalue weighted by molar-refractivity contribution is 5.77. The van der Waals surface area contributed by atoms with Gasteiger partial charge in [-0.3, -0.25) is 13.7 Å². The maximum absolute atomic E-state index is 14.8. The second kappa shape index (κ2) is 6.92. The predicted molar refractivity (Wildman–Crippen MR) is 112 cm³/mol. The number of aromatic nitrogens is 6. The van der Waals surface area contributed by atoms with E-state index in [4.69, 9.17) is 4.74 Å². The topological polar surface area (TPSA) is 79.8 Å². The summed E-state index contributed by atoms with van der Waals surface area (Å²) >= 11 is 0. The normalized spacial score (nSPS) is 15.7. The van der Waals surface area contributed by atoms with Gasteiger partial charge in [-0.1, -0.05) is 0 Å². The zero-order chi connectivity index (χ0) is 22.9. The van der Waals surface area contributed by atoms with Crippen LogP contribution >= 0.6 is 0 Å². The molecule has 2 aromatic carbocycles. The lowest BCUT2D eigenvalue weighted by atomic mass is 9.99. The average molecular weight is 452 g/mol. The number of hydrogen-bond acceptors (Lipinski definition) is 5. The van der Waals surface area contributed by atoms with Crippen LogP contribution in [0.4, 0.5) is 13.2 Å². The molecule has 33 heavy (non-hydrogen) atoms. The molecule has 166 valence electrons. The van der Waals surface area contributed by atoms with Gasteiger partial charge in [-0.05, 0) is 24.3 Å². The molecule has 8 nitrogen and oxygen atoms in total. The molecular formula is C22H15F3N6O2. The van der Waals surface area contributed by atoms with Crippen molar-refractivity contribution in [2.75, 3.05) is 6.61 Å². The molecule has 1 aliphatic heterocycles. The van der Waals surface area contributed by atoms with Gasteiger partial charge in [-0.25, -0.2) is 27.9 Å². The second-order valence-electron chi connectivity index (χ2n) is 7.76. The molecule has 0 saturated carbocycles. The summed E-state index contributed by atoms with van der Waals surface area (Å²) in [6.45, 7) is 0.101. The van der Waals surface area contributed by atoms with Crippen LogP contribution in [0.3, 0.4) is 0 Å². The van der Waals surface area contributed by atoms with Crippen molar-refractivity contribution in [3.05, 3.63) is 76.4 Å². The monoisotopic (exact) mass is 452 g/mol. The van der Waals surface area contributed by atoms with Gasteiger partial charge in [0.2, 0.25) is 5.95 Å². The predicted octanol–water partition coefficient (Wildman–Crippen LogP) is 3.26. The molecule has 0 fully saturated rings. The maximum atomic E-state index is 14.8. The first kappa shape index (κ1) is 19.5. The fourth-order valence-corrected chi connectivity index (χ4v) is 4.35. The highest BCUT2D eigenvalue weighted by Crippen LogP contribution is 2.39. The van der Waals surface area contributed by atoms with Crippen LogP contribution in [-0.2, 0) is 7.05 Å². The molecule has 0 unspecified atom stereocenters. The Bertz CT molecular complexity index is 1640. The largest absolute Gasteiger partial charge is 0.490 e. The van der Waals surface area contributed by atoms with Crippen molar-refractivity contribution >= 4 is 22.2 Å². The fourth-order valence-electron chi connectivity index (χ4n) is 4.35. The van der Waals surface area contributed by atoms with Crippen LogP contribution < -0.4 is 10.4 Å². The Morgan fingerprint density at radius 3 is 2.73 bits per heavy atom. The number of imidazole rings is 2. The Balaban J connectivity index is 1.61. The molecular weight excluding hydrogens is 437 g/mol. The number of nitrogens with zero attached hydrogens (tertiary/aromatic N) is 6. The Hall–Kier alpha value is -4.15. The van der Waals surface area contributed by atoms with E-state index in [1.54, 1.807) is 7.05 Å². The molecule has 5 aromatic rings. The summed E-state index contributed by atoms with van der Waals surface area (Å²) in [6.07, 6.45) is 3.16. The van der Waals surface area contributed by atoms with Crippen LogP contribution in [-0.4, -0.2) is 35.3 Å². The molecule has 0 N–H and O–H groups in total. The summed E-state index contributed by atoms with van der Waals surface area (Å²) in [4.78, 5) is 26.3. The Labute approximate surface area is 183 Å². The molecule has 0 bridgehead atoms. The number of rotatable bonds is 2. The molecule has 4 heterocycles. The third kappa shape index (κ3) is 2.78. The van der Waals surface area contributed by atoms with Crippen LogP contribution in [0, 0.1) is 17.5 Å². The lowest BCUT2D eigenvalue weighted by molar-refractivity contribution is 0.238. The maximum Gasteiger partial charge on any atom is 0.330 e. The first-order valence-electron chi connectivity index (χ1n) is 10.1. The average Bonchev–Trinajstić information content (AvgIpc) is 3.34. The van der Waals surface area contributed by atoms with E-state index in [-0.39, 0.29) is 35.9 Å². The van der Waals surface area contributed by atoms with E-state index in [9.17, 15) is 18.0 Å². The molecule has 0 radical (unpaired) electrons. The van der Waals surface area contributed by atoms with E-state index in [1.807, 2.05) is 0 Å². The van der Waals surface area contributed by atoms with Gasteiger partial charge in [0.1, 0.15) is 23.5 Å². The van der Waals surface area contributed by atoms with Crippen molar-refractivity contribution in [3.63, 3.8) is 0 Å². The van der Waals surface area contributed by atoms with Gasteiger partial charge >= 0.3 is 5.69 Å². The molecule has 3 aromatic heterocycles. The van der Waals surface area contributed by atoms with Crippen molar-refractivity contribution in [1.29, 1.82) is 0 Å². The Morgan fingerprint density at radius 2 is 1.88 bits per heavy atom. The van der Waals surface area contributed by atoms with E-state index >= 15 is 0 Å². The number of aryl methyl sites for hydroxylation is 1. The minimum Gasteiger partial charge on any atom is -0.490 e. The molecule has 0 saturated heterocycles. The lowest BCUT2D eigenvalue weighted by Crippen LogP contribution is -2.31. The summed E-state index contributed by atoms with van der Waals surface area (Å²) in [7, 11) is 1.55. The molecule has 1 aliphatic rings. The summed E-state index contributed by atoms with van der Waals surface area (Å²) in [5.41, 5.74) is 1.13. The van der Waals surface area contributed by atoms with Crippen LogP contribution in [0.2, 0.25) is 0 Å². The highest BCUT2D eigenvalue weighted by atomic mass is 19.1. The van der Waals surface area contributed by atoms with E-state index in [1.165, 1.54) is 44.4 Å². The van der Waals surface area contributed by atoms with Crippen molar-refractivity contribution in [2.45, 2.75) is 12.5 Å². The number of hydrogen-bond donors (Lipinski definition) is 0. The summed E-state index contributed by atoms with van der Waals surface area (Å²) in [6, 6.07) is 5.31. The SMILES string of the molecule is Cn1c(=O)n([C@@H]2CCOc3c(F)ccc(F)c32)c2nc(-n3cnc4ccc(F)cc43)ncc21. The van der Waals surface area contributed by atoms with Gasteiger partial charge in [-0.2, -0.15) is 4.98 Å². The van der Waals surface area contributed by atoms with Crippen LogP contribution in [0.25, 0.3) is 28.1 Å². The third-order valence-electron chi connectivity index (χ3n) is 5.92. The van der Waals surface area contributed by atoms with Gasteiger partial charge in [0.05, 0.1) is 35.4 Å². The molecule has 1 atom stereocenters. The van der Waals surface area contributed by atoms with Gasteiger partial charge < -0.3 is 4.74 Å². The van der Waals surface area contributed by atoms with Crippen molar-refractivity contribution in [3.8, 4) is 11.7 Å². The lowest BCUT2D eigenvalue weighted by Gasteiger charge is -2.27. The van der Waals surface area contributed by atoms with E-state index in [0.717, 1.165) is 12.1 Å². The minimum atomic E-state index is -0.833. The van der Waals surface area contributed by atoms with Crippen molar-refractivity contribution < 1.29 is 17.9 Å². The standard InChI is InChI=1S/C22H15F3N6O2/c1-29-17-9-26-21(30-10-27-14-5-2-11(23)8-16(14)30)28-20(17)31(22(29)32)15-6-7-33-19-13(25)4-3-12(24)18(15)19/h2-5,8-10,15H,6-7H2,1H3/t15-/m1/s1. The smallest absolute Gasteiger partial charge is 0.330 e. The zero-order valence-corrected chi connectivity index (χ0v) is 17.2. The quantitative estimate of drug-likeness (QED) is 0.411. The van der Waals surface area contributed by atoms with Crippen LogP contribution in [0.15, 0.2) is 47.7 Å². The van der Waals surface area contributed by atoms with E-state index in [0.29, 0.717) is 16.6 Å². The van der Waals surface area contributed by atoms with Gasteiger partial charge in [-0.15, -0.1) is 0 Å². The highest BCUT2D eigenvalue weighted by Gasteiger charge is 2.32. The van der Waals surface area contributed by atoms with E-state index in [2.05, 4.69) is 15.0 Å². The van der Waals surface area contributed by atoms with E-state index < -0.39 is 29.2 Å². The summed E-state index contributed by atoms with van der Waals surface area (Å²) in [5.74, 6) is -1.88. The number of benzene rings is 2. The Morgan fingerprint density at radius 1 is 1.06 bits per heavy atom. The molecule has 0 spiro atoms. The zero-order valence-electron chi connectivity index (χ0n) is 17.2. The number of halogens is 3.